The van der Waals surface area contributed by atoms with Crippen LogP contribution in [0.3, 0.4) is 0 Å². The zero-order valence-electron chi connectivity index (χ0n) is 13.8. The Morgan fingerprint density at radius 1 is 1.17 bits per heavy atom. The largest absolute Gasteiger partial charge is 0.334 e. The number of hydrogen-bond donors (Lipinski definition) is 0. The van der Waals surface area contributed by atoms with Gasteiger partial charge in [0.2, 0.25) is 0 Å². The lowest BCUT2D eigenvalue weighted by Gasteiger charge is -2.46. The maximum absolute atomic E-state index is 5.56. The van der Waals surface area contributed by atoms with Crippen LogP contribution in [-0.4, -0.2) is 67.3 Å². The molecule has 2 bridgehead atoms. The number of aromatic nitrogens is 5. The zero-order chi connectivity index (χ0) is 16.3. The molecular formula is C16H19N7O. The van der Waals surface area contributed by atoms with Crippen LogP contribution in [0.1, 0.15) is 23.3 Å². The minimum atomic E-state index is 0.231. The summed E-state index contributed by atoms with van der Waals surface area (Å²) in [6, 6.07) is 2.19. The molecule has 3 aromatic rings. The summed E-state index contributed by atoms with van der Waals surface area (Å²) >= 11 is 0. The van der Waals surface area contributed by atoms with E-state index >= 15 is 0 Å². The van der Waals surface area contributed by atoms with E-state index in [1.165, 1.54) is 0 Å². The molecule has 8 heteroatoms. The number of nitrogens with zero attached hydrogens (tertiary/aromatic N) is 7. The minimum absolute atomic E-state index is 0.231. The van der Waals surface area contributed by atoms with Crippen molar-refractivity contribution in [3.63, 3.8) is 0 Å². The SMILES string of the molecule is Cc1cc2ncc(-c3nc(C4CN5CCN4CC5)no3)c(C)n2n1. The molecule has 0 N–H and O–H groups in total. The maximum Gasteiger partial charge on any atom is 0.261 e. The second kappa shape index (κ2) is 5.09. The molecule has 1 atom stereocenters. The summed E-state index contributed by atoms with van der Waals surface area (Å²) in [6.45, 7) is 9.37. The van der Waals surface area contributed by atoms with E-state index in [1.54, 1.807) is 6.20 Å². The van der Waals surface area contributed by atoms with Crippen molar-refractivity contribution >= 4 is 5.65 Å². The Kier molecular flexibility index (Phi) is 2.98. The lowest BCUT2D eigenvalue weighted by molar-refractivity contribution is 0.00781. The molecular weight excluding hydrogens is 306 g/mol. The van der Waals surface area contributed by atoms with E-state index in [0.29, 0.717) is 5.89 Å². The van der Waals surface area contributed by atoms with E-state index in [2.05, 4.69) is 30.0 Å². The Hall–Kier alpha value is -2.32. The van der Waals surface area contributed by atoms with E-state index < -0.39 is 0 Å². The van der Waals surface area contributed by atoms with Gasteiger partial charge in [-0.3, -0.25) is 9.80 Å². The highest BCUT2D eigenvalue weighted by Crippen LogP contribution is 2.29. The van der Waals surface area contributed by atoms with Crippen LogP contribution in [0.4, 0.5) is 0 Å². The smallest absolute Gasteiger partial charge is 0.261 e. The summed E-state index contributed by atoms with van der Waals surface area (Å²) in [4.78, 5) is 14.0. The lowest BCUT2D eigenvalue weighted by atomic mass is 10.1. The highest BCUT2D eigenvalue weighted by Gasteiger charge is 2.35. The van der Waals surface area contributed by atoms with Gasteiger partial charge >= 0.3 is 0 Å². The predicted molar refractivity (Wildman–Crippen MR) is 86.5 cm³/mol. The van der Waals surface area contributed by atoms with Gasteiger partial charge < -0.3 is 4.52 Å². The van der Waals surface area contributed by atoms with Gasteiger partial charge in [-0.25, -0.2) is 9.50 Å². The fraction of sp³-hybridized carbons (Fsp3) is 0.500. The van der Waals surface area contributed by atoms with Crippen LogP contribution >= 0.6 is 0 Å². The summed E-state index contributed by atoms with van der Waals surface area (Å²) in [7, 11) is 0. The van der Waals surface area contributed by atoms with Gasteiger partial charge in [-0.2, -0.15) is 10.1 Å². The summed E-state index contributed by atoms with van der Waals surface area (Å²) in [6.07, 6.45) is 1.79. The molecule has 24 heavy (non-hydrogen) atoms. The van der Waals surface area contributed by atoms with Gasteiger partial charge in [0.1, 0.15) is 0 Å². The highest BCUT2D eigenvalue weighted by atomic mass is 16.5. The second-order valence-electron chi connectivity index (χ2n) is 6.62. The third-order valence-electron chi connectivity index (χ3n) is 5.10. The quantitative estimate of drug-likeness (QED) is 0.697. The molecule has 3 aliphatic heterocycles. The number of aryl methyl sites for hydroxylation is 2. The van der Waals surface area contributed by atoms with Crippen molar-refractivity contribution in [2.75, 3.05) is 32.7 Å². The Balaban J connectivity index is 1.52. The molecule has 0 radical (unpaired) electrons. The first kappa shape index (κ1) is 14.1. The van der Waals surface area contributed by atoms with Crippen molar-refractivity contribution in [3.8, 4) is 11.5 Å². The standard InChI is InChI=1S/C16H19N7O/c1-10-7-14-17-8-12(11(2)23(14)19-10)16-18-15(20-24-16)13-9-21-3-5-22(13)6-4-21/h7-8,13H,3-6,9H2,1-2H3. The first-order valence-corrected chi connectivity index (χ1v) is 8.31. The van der Waals surface area contributed by atoms with Crippen LogP contribution in [0.2, 0.25) is 0 Å². The third kappa shape index (κ3) is 2.06. The Bertz CT molecular complexity index is 906. The van der Waals surface area contributed by atoms with E-state index in [-0.39, 0.29) is 6.04 Å². The van der Waals surface area contributed by atoms with E-state index in [4.69, 9.17) is 4.52 Å². The third-order valence-corrected chi connectivity index (χ3v) is 5.10. The van der Waals surface area contributed by atoms with Crippen LogP contribution in [-0.2, 0) is 0 Å². The molecule has 3 fully saturated rings. The first-order valence-electron chi connectivity index (χ1n) is 8.31. The second-order valence-corrected chi connectivity index (χ2v) is 6.62. The Morgan fingerprint density at radius 3 is 2.75 bits per heavy atom. The van der Waals surface area contributed by atoms with E-state index in [0.717, 1.165) is 61.1 Å². The molecule has 0 spiro atoms. The van der Waals surface area contributed by atoms with Gasteiger partial charge in [-0.1, -0.05) is 5.16 Å². The fourth-order valence-corrected chi connectivity index (χ4v) is 3.71. The number of hydrogen-bond acceptors (Lipinski definition) is 7. The topological polar surface area (TPSA) is 75.6 Å². The van der Waals surface area contributed by atoms with Gasteiger partial charge in [0, 0.05) is 45.0 Å². The number of piperazine rings is 3. The van der Waals surface area contributed by atoms with E-state index in [9.17, 15) is 0 Å². The highest BCUT2D eigenvalue weighted by molar-refractivity contribution is 5.58. The first-order chi connectivity index (χ1) is 11.7. The average molecular weight is 325 g/mol. The molecule has 0 saturated carbocycles. The molecule has 3 saturated heterocycles. The molecule has 0 aromatic carbocycles. The Labute approximate surface area is 139 Å². The normalized spacial score (nSPS) is 26.3. The monoisotopic (exact) mass is 325 g/mol. The van der Waals surface area contributed by atoms with Gasteiger partial charge in [-0.15, -0.1) is 0 Å². The number of fused-ring (bicyclic) bond motifs is 4. The average Bonchev–Trinajstić information content (AvgIpc) is 3.23. The van der Waals surface area contributed by atoms with Crippen molar-refractivity contribution in [2.24, 2.45) is 0 Å². The van der Waals surface area contributed by atoms with Gasteiger partial charge in [-0.05, 0) is 13.8 Å². The maximum atomic E-state index is 5.56. The van der Waals surface area contributed by atoms with Crippen LogP contribution in [0.25, 0.3) is 17.1 Å². The molecule has 6 rings (SSSR count). The van der Waals surface area contributed by atoms with Crippen molar-refractivity contribution in [3.05, 3.63) is 29.5 Å². The Morgan fingerprint density at radius 2 is 2.00 bits per heavy atom. The molecule has 3 aromatic heterocycles. The summed E-state index contributed by atoms with van der Waals surface area (Å²) in [5, 5.41) is 8.73. The van der Waals surface area contributed by atoms with Crippen LogP contribution in [0.15, 0.2) is 16.8 Å². The van der Waals surface area contributed by atoms with Gasteiger partial charge in [0.15, 0.2) is 11.5 Å². The van der Waals surface area contributed by atoms with Crippen molar-refractivity contribution in [1.29, 1.82) is 0 Å². The summed E-state index contributed by atoms with van der Waals surface area (Å²) in [5.41, 5.74) is 3.56. The molecule has 0 aliphatic carbocycles. The molecule has 0 amide bonds. The van der Waals surface area contributed by atoms with Gasteiger partial charge in [0.05, 0.1) is 23.0 Å². The predicted octanol–water partition coefficient (Wildman–Crippen LogP) is 1.07. The van der Waals surface area contributed by atoms with Crippen molar-refractivity contribution < 1.29 is 4.52 Å². The van der Waals surface area contributed by atoms with Crippen LogP contribution < -0.4 is 0 Å². The molecule has 124 valence electrons. The van der Waals surface area contributed by atoms with Crippen molar-refractivity contribution in [1.82, 2.24) is 34.5 Å². The molecule has 1 unspecified atom stereocenters. The summed E-state index contributed by atoms with van der Waals surface area (Å²) in [5.74, 6) is 1.29. The molecule has 6 heterocycles. The number of rotatable bonds is 2. The van der Waals surface area contributed by atoms with Crippen LogP contribution in [0.5, 0.6) is 0 Å². The van der Waals surface area contributed by atoms with Crippen LogP contribution in [0, 0.1) is 13.8 Å². The van der Waals surface area contributed by atoms with Gasteiger partial charge in [0.25, 0.3) is 5.89 Å². The molecule has 8 nitrogen and oxygen atoms in total. The molecule has 3 aliphatic rings. The fourth-order valence-electron chi connectivity index (χ4n) is 3.71. The summed E-state index contributed by atoms with van der Waals surface area (Å²) < 4.78 is 7.39. The lowest BCUT2D eigenvalue weighted by Crippen LogP contribution is -2.57. The zero-order valence-corrected chi connectivity index (χ0v) is 13.8. The van der Waals surface area contributed by atoms with Crippen molar-refractivity contribution in [2.45, 2.75) is 19.9 Å². The van der Waals surface area contributed by atoms with E-state index in [1.807, 2.05) is 24.4 Å². The minimum Gasteiger partial charge on any atom is -0.334 e.